The Bertz CT molecular complexity index is 1150. The van der Waals surface area contributed by atoms with Crippen molar-refractivity contribution in [1.82, 2.24) is 20.2 Å². The minimum Gasteiger partial charge on any atom is -0.372 e. The molecule has 1 saturated carbocycles. The number of nitrogens with one attached hydrogen (secondary N) is 2. The highest BCUT2D eigenvalue weighted by atomic mass is 35.5. The SMILES string of the molecule is O=C(NC1CCC2(CC1)CCN(c1cc(F)c(F)cc1Cl)C2=O)c1nc[nH]c1C(O)N1CC(F)C1. The van der Waals surface area contributed by atoms with Crippen molar-refractivity contribution in [2.45, 2.75) is 50.5 Å². The standard InChI is InChI=1S/C23H25ClF3N5O3/c24-14-7-15(26)16(27)8-17(14)32-6-5-23(22(32)35)3-1-13(2-4-23)30-20(33)18-19(29-11-28-18)21(34)31-9-12(25)10-31/h7-8,11-13,21,34H,1-6,9-10H2,(H,28,29)(H,30,33). The second-order valence-corrected chi connectivity index (χ2v) is 9.95. The molecule has 1 spiro atoms. The highest BCUT2D eigenvalue weighted by molar-refractivity contribution is 6.34. The molecule has 12 heteroatoms. The second-order valence-electron chi connectivity index (χ2n) is 9.54. The number of hydrogen-bond acceptors (Lipinski definition) is 5. The monoisotopic (exact) mass is 511 g/mol. The molecule has 3 aliphatic rings. The molecule has 2 amide bonds. The zero-order valence-electron chi connectivity index (χ0n) is 18.7. The number of amides is 2. The molecule has 1 aliphatic carbocycles. The van der Waals surface area contributed by atoms with Crippen LogP contribution in [0.25, 0.3) is 0 Å². The molecule has 1 aromatic carbocycles. The van der Waals surface area contributed by atoms with Crippen LogP contribution < -0.4 is 10.2 Å². The summed E-state index contributed by atoms with van der Waals surface area (Å²) in [6, 6.07) is 1.63. The minimum absolute atomic E-state index is 0.0208. The van der Waals surface area contributed by atoms with Crippen LogP contribution in [0.5, 0.6) is 0 Å². The molecular formula is C23H25ClF3N5O3. The number of anilines is 1. The molecule has 0 bridgehead atoms. The first-order valence-corrected chi connectivity index (χ1v) is 11.9. The van der Waals surface area contributed by atoms with Crippen LogP contribution in [0.1, 0.15) is 54.5 Å². The Labute approximate surface area is 204 Å². The number of benzene rings is 1. The van der Waals surface area contributed by atoms with Gasteiger partial charge in [0, 0.05) is 31.7 Å². The van der Waals surface area contributed by atoms with Crippen LogP contribution in [0.2, 0.25) is 5.02 Å². The fourth-order valence-corrected chi connectivity index (χ4v) is 5.57. The Morgan fingerprint density at radius 1 is 1.23 bits per heavy atom. The molecule has 8 nitrogen and oxygen atoms in total. The zero-order chi connectivity index (χ0) is 24.9. The predicted molar refractivity (Wildman–Crippen MR) is 121 cm³/mol. The number of carbonyl (C=O) groups excluding carboxylic acids is 2. The van der Waals surface area contributed by atoms with Crippen LogP contribution in [0.4, 0.5) is 18.9 Å². The van der Waals surface area contributed by atoms with Crippen molar-refractivity contribution >= 4 is 29.1 Å². The van der Waals surface area contributed by atoms with Crippen LogP contribution in [-0.2, 0) is 4.79 Å². The minimum atomic E-state index is -1.15. The molecule has 35 heavy (non-hydrogen) atoms. The Morgan fingerprint density at radius 3 is 2.60 bits per heavy atom. The van der Waals surface area contributed by atoms with Crippen LogP contribution in [-0.4, -0.2) is 63.6 Å². The Balaban J connectivity index is 1.21. The first kappa shape index (κ1) is 24.1. The van der Waals surface area contributed by atoms with Crippen molar-refractivity contribution in [2.75, 3.05) is 24.5 Å². The van der Waals surface area contributed by atoms with E-state index >= 15 is 0 Å². The van der Waals surface area contributed by atoms with E-state index in [1.54, 1.807) is 0 Å². The topological polar surface area (TPSA) is 102 Å². The maximum atomic E-state index is 13.8. The van der Waals surface area contributed by atoms with Gasteiger partial charge in [-0.05, 0) is 38.2 Å². The second kappa shape index (κ2) is 9.11. The molecule has 5 rings (SSSR count). The molecule has 2 saturated heterocycles. The van der Waals surface area contributed by atoms with Crippen molar-refractivity contribution in [3.63, 3.8) is 0 Å². The molecule has 188 valence electrons. The van der Waals surface area contributed by atoms with Crippen LogP contribution >= 0.6 is 11.6 Å². The van der Waals surface area contributed by atoms with E-state index in [0.717, 1.165) is 12.1 Å². The average molecular weight is 512 g/mol. The number of aliphatic hydroxyl groups is 1. The molecule has 2 aromatic rings. The summed E-state index contributed by atoms with van der Waals surface area (Å²) in [4.78, 5) is 35.8. The van der Waals surface area contributed by atoms with Gasteiger partial charge >= 0.3 is 0 Å². The van der Waals surface area contributed by atoms with Crippen molar-refractivity contribution in [1.29, 1.82) is 0 Å². The van der Waals surface area contributed by atoms with E-state index in [4.69, 9.17) is 11.6 Å². The smallest absolute Gasteiger partial charge is 0.272 e. The van der Waals surface area contributed by atoms with Crippen molar-refractivity contribution in [3.05, 3.63) is 46.5 Å². The number of imidazole rings is 1. The number of carbonyl (C=O) groups is 2. The van der Waals surface area contributed by atoms with Crippen LogP contribution in [0.3, 0.4) is 0 Å². The number of aromatic nitrogens is 2. The third-order valence-electron chi connectivity index (χ3n) is 7.42. The number of likely N-dealkylation sites (tertiary alicyclic amines) is 1. The van der Waals surface area contributed by atoms with Gasteiger partial charge in [-0.15, -0.1) is 0 Å². The van der Waals surface area contributed by atoms with Gasteiger partial charge in [0.05, 0.1) is 28.1 Å². The van der Waals surface area contributed by atoms with E-state index in [-0.39, 0.29) is 47.1 Å². The number of H-pyrrole nitrogens is 1. The third-order valence-corrected chi connectivity index (χ3v) is 7.73. The summed E-state index contributed by atoms with van der Waals surface area (Å²) < 4.78 is 40.4. The lowest BCUT2D eigenvalue weighted by atomic mass is 9.71. The Hall–Kier alpha value is -2.63. The highest BCUT2D eigenvalue weighted by Gasteiger charge is 2.49. The maximum absolute atomic E-state index is 13.8. The lowest BCUT2D eigenvalue weighted by molar-refractivity contribution is -0.127. The highest BCUT2D eigenvalue weighted by Crippen LogP contribution is 2.47. The molecule has 1 unspecified atom stereocenters. The van der Waals surface area contributed by atoms with E-state index in [1.165, 1.54) is 16.1 Å². The molecular weight excluding hydrogens is 487 g/mol. The van der Waals surface area contributed by atoms with Gasteiger partial charge in [-0.2, -0.15) is 0 Å². The third kappa shape index (κ3) is 4.30. The Kier molecular flexibility index (Phi) is 6.27. The summed E-state index contributed by atoms with van der Waals surface area (Å²) in [5.41, 5.74) is -0.208. The number of rotatable bonds is 5. The summed E-state index contributed by atoms with van der Waals surface area (Å²) in [7, 11) is 0. The summed E-state index contributed by atoms with van der Waals surface area (Å²) in [6.45, 7) is 0.533. The zero-order valence-corrected chi connectivity index (χ0v) is 19.5. The molecule has 2 aliphatic heterocycles. The normalized spacial score (nSPS) is 26.3. The molecule has 3 fully saturated rings. The molecule has 0 radical (unpaired) electrons. The molecule has 3 heterocycles. The number of nitrogens with zero attached hydrogens (tertiary/aromatic N) is 3. The van der Waals surface area contributed by atoms with Crippen LogP contribution in [0, 0.1) is 17.0 Å². The van der Waals surface area contributed by atoms with Gasteiger partial charge in [-0.3, -0.25) is 14.5 Å². The number of aliphatic hydroxyl groups excluding tert-OH is 1. The lowest BCUT2D eigenvalue weighted by Crippen LogP contribution is -2.50. The number of halogens is 4. The van der Waals surface area contributed by atoms with Gasteiger partial charge in [0.2, 0.25) is 5.91 Å². The summed E-state index contributed by atoms with van der Waals surface area (Å²) >= 11 is 6.08. The van der Waals surface area contributed by atoms with E-state index in [1.807, 2.05) is 0 Å². The number of aromatic amines is 1. The average Bonchev–Trinajstić information content (AvgIpc) is 3.42. The van der Waals surface area contributed by atoms with Gasteiger partial charge in [0.15, 0.2) is 23.6 Å². The first-order valence-electron chi connectivity index (χ1n) is 11.6. The summed E-state index contributed by atoms with van der Waals surface area (Å²) in [5, 5.41) is 13.3. The number of alkyl halides is 1. The van der Waals surface area contributed by atoms with Gasteiger partial charge < -0.3 is 20.3 Å². The summed E-state index contributed by atoms with van der Waals surface area (Å²) in [6.07, 6.45) is 1.88. The molecule has 3 N–H and O–H groups in total. The largest absolute Gasteiger partial charge is 0.372 e. The predicted octanol–water partition coefficient (Wildman–Crippen LogP) is 3.08. The first-order chi connectivity index (χ1) is 16.7. The van der Waals surface area contributed by atoms with Gasteiger partial charge in [0.25, 0.3) is 5.91 Å². The maximum Gasteiger partial charge on any atom is 0.272 e. The van der Waals surface area contributed by atoms with Gasteiger partial charge in [0.1, 0.15) is 6.17 Å². The fourth-order valence-electron chi connectivity index (χ4n) is 5.32. The lowest BCUT2D eigenvalue weighted by Gasteiger charge is -2.37. The quantitative estimate of drug-likeness (QED) is 0.536. The van der Waals surface area contributed by atoms with Crippen molar-refractivity contribution in [3.8, 4) is 0 Å². The molecule has 1 atom stereocenters. The van der Waals surface area contributed by atoms with Crippen molar-refractivity contribution in [2.24, 2.45) is 5.41 Å². The van der Waals surface area contributed by atoms with E-state index in [9.17, 15) is 27.9 Å². The molecule has 1 aromatic heterocycles. The Morgan fingerprint density at radius 2 is 1.91 bits per heavy atom. The number of hydrogen-bond donors (Lipinski definition) is 3. The van der Waals surface area contributed by atoms with Gasteiger partial charge in [-0.25, -0.2) is 18.2 Å². The summed E-state index contributed by atoms with van der Waals surface area (Å²) in [5.74, 6) is -2.76. The van der Waals surface area contributed by atoms with E-state index in [2.05, 4.69) is 15.3 Å². The van der Waals surface area contributed by atoms with Crippen LogP contribution in [0.15, 0.2) is 18.5 Å². The van der Waals surface area contributed by atoms with Crippen molar-refractivity contribution < 1.29 is 27.9 Å². The fraction of sp³-hybridized carbons (Fsp3) is 0.522. The van der Waals surface area contributed by atoms with E-state index in [0.29, 0.717) is 38.6 Å². The van der Waals surface area contributed by atoms with Gasteiger partial charge in [-0.1, -0.05) is 11.6 Å². The van der Waals surface area contributed by atoms with E-state index < -0.39 is 35.4 Å².